The molecule has 1 aliphatic rings. The van der Waals surface area contributed by atoms with Gasteiger partial charge in [0.1, 0.15) is 16.4 Å². The maximum Gasteiger partial charge on any atom is 0.184 e. The third-order valence-corrected chi connectivity index (χ3v) is 4.26. The van der Waals surface area contributed by atoms with Crippen molar-refractivity contribution >= 4 is 17.1 Å². The van der Waals surface area contributed by atoms with Crippen LogP contribution in [0.4, 0.5) is 0 Å². The number of carbonyl (C=O) groups is 1. The number of carbonyl (C=O) groups excluding carboxylic acids is 1. The molecule has 1 aromatic heterocycles. The van der Waals surface area contributed by atoms with Crippen molar-refractivity contribution in [2.75, 3.05) is 13.7 Å². The minimum Gasteiger partial charge on any atom is -0.495 e. The SMILES string of the molecule is COc1ccsc1C(=O)C1CCOc2ccccc21. The number of para-hydroxylation sites is 1. The Kier molecular flexibility index (Phi) is 3.25. The van der Waals surface area contributed by atoms with Crippen molar-refractivity contribution in [1.29, 1.82) is 0 Å². The van der Waals surface area contributed by atoms with Crippen LogP contribution in [0.1, 0.15) is 27.6 Å². The molecule has 1 atom stereocenters. The summed E-state index contributed by atoms with van der Waals surface area (Å²) in [4.78, 5) is 13.4. The summed E-state index contributed by atoms with van der Waals surface area (Å²) in [6, 6.07) is 9.59. The van der Waals surface area contributed by atoms with Gasteiger partial charge in [0.15, 0.2) is 5.78 Å². The van der Waals surface area contributed by atoms with Gasteiger partial charge < -0.3 is 9.47 Å². The molecule has 0 amide bonds. The van der Waals surface area contributed by atoms with E-state index in [0.717, 1.165) is 17.7 Å². The maximum absolute atomic E-state index is 12.7. The van der Waals surface area contributed by atoms with E-state index < -0.39 is 0 Å². The molecule has 2 aromatic rings. The van der Waals surface area contributed by atoms with Crippen LogP contribution in [-0.4, -0.2) is 19.5 Å². The number of benzene rings is 1. The summed E-state index contributed by atoms with van der Waals surface area (Å²) in [7, 11) is 1.59. The number of methoxy groups -OCH3 is 1. The van der Waals surface area contributed by atoms with Crippen LogP contribution >= 0.6 is 11.3 Å². The summed E-state index contributed by atoms with van der Waals surface area (Å²) >= 11 is 1.44. The average molecular weight is 274 g/mol. The first-order valence-corrected chi connectivity index (χ1v) is 7.06. The van der Waals surface area contributed by atoms with Gasteiger partial charge in [-0.1, -0.05) is 18.2 Å². The first-order valence-electron chi connectivity index (χ1n) is 6.18. The topological polar surface area (TPSA) is 35.5 Å². The van der Waals surface area contributed by atoms with Crippen LogP contribution in [0.3, 0.4) is 0 Å². The van der Waals surface area contributed by atoms with E-state index in [9.17, 15) is 4.79 Å². The molecule has 4 heteroatoms. The number of hydrogen-bond donors (Lipinski definition) is 0. The Morgan fingerprint density at radius 1 is 1.37 bits per heavy atom. The van der Waals surface area contributed by atoms with Gasteiger partial charge >= 0.3 is 0 Å². The Labute approximate surface area is 115 Å². The molecule has 19 heavy (non-hydrogen) atoms. The summed E-state index contributed by atoms with van der Waals surface area (Å²) in [5, 5.41) is 1.89. The number of Topliss-reactive ketones (excluding diaryl/α,β-unsaturated/α-hetero) is 1. The van der Waals surface area contributed by atoms with Crippen LogP contribution < -0.4 is 9.47 Å². The lowest BCUT2D eigenvalue weighted by molar-refractivity contribution is 0.0934. The van der Waals surface area contributed by atoms with Gasteiger partial charge in [0.2, 0.25) is 0 Å². The van der Waals surface area contributed by atoms with Gasteiger partial charge in [0.25, 0.3) is 0 Å². The Morgan fingerprint density at radius 2 is 2.21 bits per heavy atom. The Bertz CT molecular complexity index is 603. The van der Waals surface area contributed by atoms with E-state index in [4.69, 9.17) is 9.47 Å². The van der Waals surface area contributed by atoms with Gasteiger partial charge in [-0.2, -0.15) is 0 Å². The molecule has 0 aliphatic carbocycles. The molecular weight excluding hydrogens is 260 g/mol. The summed E-state index contributed by atoms with van der Waals surface area (Å²) in [6.07, 6.45) is 0.719. The first-order chi connectivity index (χ1) is 9.31. The molecule has 1 aromatic carbocycles. The second kappa shape index (κ2) is 5.05. The molecule has 0 bridgehead atoms. The second-order valence-corrected chi connectivity index (χ2v) is 5.33. The fraction of sp³-hybridized carbons (Fsp3) is 0.267. The highest BCUT2D eigenvalue weighted by Gasteiger charge is 2.30. The zero-order valence-corrected chi connectivity index (χ0v) is 11.4. The fourth-order valence-corrected chi connectivity index (χ4v) is 3.26. The molecule has 3 rings (SSSR count). The molecule has 3 nitrogen and oxygen atoms in total. The van der Waals surface area contributed by atoms with Gasteiger partial charge in [-0.15, -0.1) is 11.3 Å². The third kappa shape index (κ3) is 2.12. The largest absolute Gasteiger partial charge is 0.495 e. The normalized spacial score (nSPS) is 17.4. The summed E-state index contributed by atoms with van der Waals surface area (Å²) in [5.41, 5.74) is 0.981. The van der Waals surface area contributed by atoms with E-state index >= 15 is 0 Å². The quantitative estimate of drug-likeness (QED) is 0.803. The molecule has 1 aliphatic heterocycles. The summed E-state index contributed by atoms with van der Waals surface area (Å²) in [5.74, 6) is 1.49. The van der Waals surface area contributed by atoms with Gasteiger partial charge in [0.05, 0.1) is 19.6 Å². The van der Waals surface area contributed by atoms with Crippen LogP contribution in [0.2, 0.25) is 0 Å². The molecular formula is C15H14O3S. The van der Waals surface area contributed by atoms with Crippen LogP contribution in [0, 0.1) is 0 Å². The Hall–Kier alpha value is -1.81. The van der Waals surface area contributed by atoms with Crippen molar-refractivity contribution in [2.45, 2.75) is 12.3 Å². The highest BCUT2D eigenvalue weighted by molar-refractivity contribution is 7.12. The summed E-state index contributed by atoms with van der Waals surface area (Å²) < 4.78 is 10.8. The molecule has 0 saturated heterocycles. The van der Waals surface area contributed by atoms with Crippen molar-refractivity contribution in [3.8, 4) is 11.5 Å². The maximum atomic E-state index is 12.7. The minimum atomic E-state index is -0.127. The minimum absolute atomic E-state index is 0.127. The smallest absolute Gasteiger partial charge is 0.184 e. The molecule has 0 saturated carbocycles. The van der Waals surface area contributed by atoms with Gasteiger partial charge in [-0.25, -0.2) is 0 Å². The molecule has 0 N–H and O–H groups in total. The number of rotatable bonds is 3. The lowest BCUT2D eigenvalue weighted by Gasteiger charge is -2.24. The van der Waals surface area contributed by atoms with E-state index in [1.54, 1.807) is 7.11 Å². The monoisotopic (exact) mass is 274 g/mol. The van der Waals surface area contributed by atoms with E-state index in [-0.39, 0.29) is 11.7 Å². The highest BCUT2D eigenvalue weighted by Crippen LogP contribution is 2.38. The zero-order chi connectivity index (χ0) is 13.2. The van der Waals surface area contributed by atoms with Crippen LogP contribution in [0.25, 0.3) is 0 Å². The van der Waals surface area contributed by atoms with Crippen molar-refractivity contribution in [3.63, 3.8) is 0 Å². The van der Waals surface area contributed by atoms with Crippen molar-refractivity contribution < 1.29 is 14.3 Å². The van der Waals surface area contributed by atoms with Crippen molar-refractivity contribution in [3.05, 3.63) is 46.2 Å². The number of ether oxygens (including phenoxy) is 2. The number of fused-ring (bicyclic) bond motifs is 1. The van der Waals surface area contributed by atoms with Crippen LogP contribution in [0.15, 0.2) is 35.7 Å². The van der Waals surface area contributed by atoms with E-state index in [1.165, 1.54) is 11.3 Å². The van der Waals surface area contributed by atoms with Crippen LogP contribution in [-0.2, 0) is 0 Å². The molecule has 0 spiro atoms. The standard InChI is InChI=1S/C15H14O3S/c1-17-13-7-9-19-15(13)14(16)11-6-8-18-12-5-3-2-4-10(11)12/h2-5,7,9,11H,6,8H2,1H3. The fourth-order valence-electron chi connectivity index (χ4n) is 2.41. The van der Waals surface area contributed by atoms with E-state index in [1.807, 2.05) is 35.7 Å². The molecule has 98 valence electrons. The van der Waals surface area contributed by atoms with Gasteiger partial charge in [0, 0.05) is 5.56 Å². The number of ketones is 1. The van der Waals surface area contributed by atoms with Crippen LogP contribution in [0.5, 0.6) is 11.5 Å². The first kappa shape index (κ1) is 12.2. The van der Waals surface area contributed by atoms with Crippen molar-refractivity contribution in [1.82, 2.24) is 0 Å². The summed E-state index contributed by atoms with van der Waals surface area (Å²) in [6.45, 7) is 0.584. The molecule has 2 heterocycles. The number of hydrogen-bond acceptors (Lipinski definition) is 4. The predicted molar refractivity (Wildman–Crippen MR) is 74.5 cm³/mol. The Balaban J connectivity index is 1.98. The predicted octanol–water partition coefficient (Wildman–Crippen LogP) is 3.51. The molecule has 0 radical (unpaired) electrons. The lowest BCUT2D eigenvalue weighted by Crippen LogP contribution is -2.21. The van der Waals surface area contributed by atoms with Gasteiger partial charge in [-0.05, 0) is 23.9 Å². The highest BCUT2D eigenvalue weighted by atomic mass is 32.1. The molecule has 0 fully saturated rings. The van der Waals surface area contributed by atoms with Gasteiger partial charge in [-0.3, -0.25) is 4.79 Å². The third-order valence-electron chi connectivity index (χ3n) is 3.35. The Morgan fingerprint density at radius 3 is 3.05 bits per heavy atom. The number of thiophene rings is 1. The second-order valence-electron chi connectivity index (χ2n) is 4.41. The lowest BCUT2D eigenvalue weighted by atomic mass is 9.88. The zero-order valence-electron chi connectivity index (χ0n) is 10.6. The van der Waals surface area contributed by atoms with E-state index in [0.29, 0.717) is 17.2 Å². The molecule has 1 unspecified atom stereocenters. The van der Waals surface area contributed by atoms with Crippen molar-refractivity contribution in [2.24, 2.45) is 0 Å². The average Bonchev–Trinajstić information content (AvgIpc) is 2.94. The van der Waals surface area contributed by atoms with E-state index in [2.05, 4.69) is 0 Å².